The van der Waals surface area contributed by atoms with E-state index < -0.39 is 11.9 Å². The average molecular weight is 398 g/mol. The molecule has 0 radical (unpaired) electrons. The van der Waals surface area contributed by atoms with Crippen molar-refractivity contribution in [1.29, 1.82) is 0 Å². The number of hydrogen-bond donors (Lipinski definition) is 1. The van der Waals surface area contributed by atoms with E-state index in [1.165, 1.54) is 17.5 Å². The molecule has 2 aromatic heterocycles. The van der Waals surface area contributed by atoms with Gasteiger partial charge in [-0.15, -0.1) is 11.3 Å². The Morgan fingerprint density at radius 1 is 1.11 bits per heavy atom. The summed E-state index contributed by atoms with van der Waals surface area (Å²) >= 11 is 1.42. The van der Waals surface area contributed by atoms with Crippen molar-refractivity contribution in [3.63, 3.8) is 0 Å². The van der Waals surface area contributed by atoms with Gasteiger partial charge in [0.25, 0.3) is 0 Å². The van der Waals surface area contributed by atoms with Crippen LogP contribution in [0.5, 0.6) is 0 Å². The fourth-order valence-electron chi connectivity index (χ4n) is 2.55. The quantitative estimate of drug-likeness (QED) is 0.224. The van der Waals surface area contributed by atoms with Crippen LogP contribution in [-0.4, -0.2) is 30.1 Å². The van der Waals surface area contributed by atoms with Crippen LogP contribution in [0, 0.1) is 0 Å². The topological polar surface area (TPSA) is 94.6 Å². The molecule has 0 amide bonds. The van der Waals surface area contributed by atoms with Gasteiger partial charge in [0, 0.05) is 28.2 Å². The number of fused-ring (bicyclic) bond motifs is 2. The van der Waals surface area contributed by atoms with E-state index in [4.69, 9.17) is 9.47 Å². The molecule has 0 aliphatic carbocycles. The summed E-state index contributed by atoms with van der Waals surface area (Å²) in [5.41, 5.74) is 0.170. The molecular formula is C20H18N2O5S. The molecule has 8 heteroatoms. The monoisotopic (exact) mass is 398 g/mol. The zero-order chi connectivity index (χ0) is 20.1. The molecule has 1 N–H and O–H groups in total. The number of benzene rings is 1. The highest BCUT2D eigenvalue weighted by atomic mass is 32.1. The second kappa shape index (κ2) is 8.62. The second-order valence-corrected chi connectivity index (χ2v) is 6.67. The van der Waals surface area contributed by atoms with Crippen molar-refractivity contribution in [3.05, 3.63) is 58.5 Å². The fourth-order valence-corrected chi connectivity index (χ4v) is 3.55. The Labute approximate surface area is 164 Å². The summed E-state index contributed by atoms with van der Waals surface area (Å²) < 4.78 is 10.6. The number of pyridine rings is 1. The maximum atomic E-state index is 12.7. The Balaban J connectivity index is 1.98. The van der Waals surface area contributed by atoms with Crippen molar-refractivity contribution in [2.75, 3.05) is 18.5 Å². The van der Waals surface area contributed by atoms with E-state index in [0.29, 0.717) is 21.3 Å². The first-order valence-corrected chi connectivity index (χ1v) is 9.49. The summed E-state index contributed by atoms with van der Waals surface area (Å²) in [7, 11) is 0. The van der Waals surface area contributed by atoms with Gasteiger partial charge in [-0.1, -0.05) is 0 Å². The van der Waals surface area contributed by atoms with Gasteiger partial charge in [-0.2, -0.15) is 0 Å². The molecule has 3 aromatic rings. The standard InChI is InChI=1S/C20H18N2O5S/c1-3-26-19(24)15(20(25)27-4-2)11-22-12-7-8-16-14(10-12)17(23)13-6-5-9-21-18(13)28-16/h5-11,22H,3-4H2,1-2H3. The number of anilines is 1. The number of carbonyl (C=O) groups is 2. The van der Waals surface area contributed by atoms with Crippen LogP contribution in [-0.2, 0) is 19.1 Å². The molecule has 0 saturated heterocycles. The molecule has 1 aromatic carbocycles. The van der Waals surface area contributed by atoms with Gasteiger partial charge in [-0.25, -0.2) is 14.6 Å². The highest BCUT2D eigenvalue weighted by molar-refractivity contribution is 7.24. The number of nitrogens with zero attached hydrogens (tertiary/aromatic N) is 1. The molecule has 0 saturated carbocycles. The van der Waals surface area contributed by atoms with Crippen LogP contribution < -0.4 is 10.7 Å². The lowest BCUT2D eigenvalue weighted by Crippen LogP contribution is -2.19. The van der Waals surface area contributed by atoms with Gasteiger partial charge in [-0.05, 0) is 44.2 Å². The molecule has 0 unspecified atom stereocenters. The number of ether oxygens (including phenoxy) is 2. The number of hydrogen-bond acceptors (Lipinski definition) is 8. The second-order valence-electron chi connectivity index (χ2n) is 5.64. The molecular weight excluding hydrogens is 380 g/mol. The number of aromatic nitrogens is 1. The van der Waals surface area contributed by atoms with Gasteiger partial charge in [-0.3, -0.25) is 4.79 Å². The normalized spacial score (nSPS) is 10.5. The minimum Gasteiger partial charge on any atom is -0.462 e. The highest BCUT2D eigenvalue weighted by Gasteiger charge is 2.21. The van der Waals surface area contributed by atoms with E-state index in [1.807, 2.05) is 0 Å². The maximum absolute atomic E-state index is 12.7. The first-order chi connectivity index (χ1) is 13.5. The molecule has 0 aliphatic heterocycles. The molecule has 2 heterocycles. The van der Waals surface area contributed by atoms with E-state index in [0.717, 1.165) is 4.70 Å². The molecule has 3 rings (SSSR count). The van der Waals surface area contributed by atoms with Crippen molar-refractivity contribution in [1.82, 2.24) is 4.98 Å². The number of nitrogens with one attached hydrogen (secondary N) is 1. The van der Waals surface area contributed by atoms with Crippen LogP contribution in [0.4, 0.5) is 5.69 Å². The van der Waals surface area contributed by atoms with Crippen molar-refractivity contribution in [2.45, 2.75) is 13.8 Å². The van der Waals surface area contributed by atoms with Crippen LogP contribution in [0.3, 0.4) is 0 Å². The third-order valence-electron chi connectivity index (χ3n) is 3.82. The van der Waals surface area contributed by atoms with Crippen molar-refractivity contribution in [3.8, 4) is 0 Å². The largest absolute Gasteiger partial charge is 0.462 e. The minimum absolute atomic E-state index is 0.125. The first kappa shape index (κ1) is 19.5. The third-order valence-corrected chi connectivity index (χ3v) is 4.92. The Morgan fingerprint density at radius 3 is 2.50 bits per heavy atom. The summed E-state index contributed by atoms with van der Waals surface area (Å²) in [5.74, 6) is -1.56. The highest BCUT2D eigenvalue weighted by Crippen LogP contribution is 2.25. The van der Waals surface area contributed by atoms with E-state index in [2.05, 4.69) is 10.3 Å². The van der Waals surface area contributed by atoms with Crippen molar-refractivity contribution < 1.29 is 19.1 Å². The molecule has 0 spiro atoms. The zero-order valence-electron chi connectivity index (χ0n) is 15.4. The SMILES string of the molecule is CCOC(=O)C(=CNc1ccc2sc3ncccc3c(=O)c2c1)C(=O)OCC. The van der Waals surface area contributed by atoms with Gasteiger partial charge in [0.2, 0.25) is 0 Å². The zero-order valence-corrected chi connectivity index (χ0v) is 16.2. The van der Waals surface area contributed by atoms with Crippen LogP contribution in [0.1, 0.15) is 13.8 Å². The molecule has 0 bridgehead atoms. The predicted octanol–water partition coefficient (Wildman–Crippen LogP) is 3.23. The van der Waals surface area contributed by atoms with Gasteiger partial charge >= 0.3 is 11.9 Å². The van der Waals surface area contributed by atoms with Crippen molar-refractivity contribution >= 4 is 49.3 Å². The number of esters is 2. The lowest BCUT2D eigenvalue weighted by Gasteiger charge is -2.08. The van der Waals surface area contributed by atoms with Crippen LogP contribution >= 0.6 is 11.3 Å². The van der Waals surface area contributed by atoms with Gasteiger partial charge in [0.15, 0.2) is 11.0 Å². The van der Waals surface area contributed by atoms with Crippen LogP contribution in [0.25, 0.3) is 20.3 Å². The average Bonchev–Trinajstić information content (AvgIpc) is 2.69. The molecule has 28 heavy (non-hydrogen) atoms. The summed E-state index contributed by atoms with van der Waals surface area (Å²) in [4.78, 5) is 41.7. The van der Waals surface area contributed by atoms with Crippen molar-refractivity contribution in [2.24, 2.45) is 0 Å². The van der Waals surface area contributed by atoms with Crippen LogP contribution in [0.15, 0.2) is 53.1 Å². The lowest BCUT2D eigenvalue weighted by atomic mass is 10.2. The molecule has 0 atom stereocenters. The number of carbonyl (C=O) groups excluding carboxylic acids is 2. The van der Waals surface area contributed by atoms with E-state index in [-0.39, 0.29) is 24.2 Å². The molecule has 0 aliphatic rings. The Hall–Kier alpha value is -3.26. The predicted molar refractivity (Wildman–Crippen MR) is 108 cm³/mol. The first-order valence-electron chi connectivity index (χ1n) is 8.67. The van der Waals surface area contributed by atoms with Crippen LogP contribution in [0.2, 0.25) is 0 Å². The molecule has 7 nitrogen and oxygen atoms in total. The summed E-state index contributed by atoms with van der Waals surface area (Å²) in [6.45, 7) is 3.56. The van der Waals surface area contributed by atoms with E-state index in [1.54, 1.807) is 50.4 Å². The van der Waals surface area contributed by atoms with E-state index >= 15 is 0 Å². The Bertz CT molecular complexity index is 1120. The Kier molecular flexibility index (Phi) is 6.00. The molecule has 144 valence electrons. The molecule has 0 fully saturated rings. The maximum Gasteiger partial charge on any atom is 0.347 e. The van der Waals surface area contributed by atoms with Gasteiger partial charge in [0.1, 0.15) is 4.83 Å². The van der Waals surface area contributed by atoms with E-state index in [9.17, 15) is 14.4 Å². The summed E-state index contributed by atoms with van der Waals surface area (Å²) in [5, 5.41) is 3.95. The number of rotatable bonds is 6. The Morgan fingerprint density at radius 2 is 1.82 bits per heavy atom. The van der Waals surface area contributed by atoms with Gasteiger partial charge < -0.3 is 14.8 Å². The smallest absolute Gasteiger partial charge is 0.347 e. The summed E-state index contributed by atoms with van der Waals surface area (Å²) in [6, 6.07) is 8.67. The fraction of sp³-hybridized carbons (Fsp3) is 0.200. The summed E-state index contributed by atoms with van der Waals surface area (Å²) in [6.07, 6.45) is 2.88. The lowest BCUT2D eigenvalue weighted by molar-refractivity contribution is -0.146. The minimum atomic E-state index is -0.780. The van der Waals surface area contributed by atoms with Gasteiger partial charge in [0.05, 0.1) is 18.6 Å². The third kappa shape index (κ3) is 4.01.